The summed E-state index contributed by atoms with van der Waals surface area (Å²) in [5.41, 5.74) is 0.472. The molecule has 1 fully saturated rings. The molecule has 2 N–H and O–H groups in total. The average Bonchev–Trinajstić information content (AvgIpc) is 3.14. The van der Waals surface area contributed by atoms with E-state index in [1.165, 1.54) is 4.90 Å². The maximum Gasteiger partial charge on any atom is 0.251 e. The molecule has 1 aromatic rings. The predicted octanol–water partition coefficient (Wildman–Crippen LogP) is 1.68. The minimum Gasteiger partial charge on any atom is -0.345 e. The van der Waals surface area contributed by atoms with Gasteiger partial charge in [-0.1, -0.05) is 19.9 Å². The summed E-state index contributed by atoms with van der Waals surface area (Å²) in [7, 11) is 0. The van der Waals surface area contributed by atoms with Crippen molar-refractivity contribution in [2.24, 2.45) is 0 Å². The van der Waals surface area contributed by atoms with Gasteiger partial charge in [0, 0.05) is 15.7 Å². The van der Waals surface area contributed by atoms with Gasteiger partial charge in [-0.05, 0) is 53.6 Å². The molecule has 1 saturated heterocycles. The lowest BCUT2D eigenvalue weighted by Gasteiger charge is -2.19. The lowest BCUT2D eigenvalue weighted by molar-refractivity contribution is -0.132. The number of likely N-dealkylation sites (tertiary alicyclic amines) is 1. The van der Waals surface area contributed by atoms with E-state index in [1.807, 2.05) is 19.9 Å². The predicted molar refractivity (Wildman–Crippen MR) is 106 cm³/mol. The van der Waals surface area contributed by atoms with E-state index >= 15 is 0 Å². The molecule has 1 aromatic carbocycles. The number of rotatable bonds is 5. The third-order valence-corrected chi connectivity index (χ3v) is 4.33. The average molecular weight is 470 g/mol. The Morgan fingerprint density at radius 3 is 2.65 bits per heavy atom. The van der Waals surface area contributed by atoms with E-state index in [2.05, 4.69) is 39.3 Å². The summed E-state index contributed by atoms with van der Waals surface area (Å²) in [6.45, 7) is 4.16. The largest absolute Gasteiger partial charge is 0.345 e. The number of hydrogen-bond donors (Lipinski definition) is 2. The van der Waals surface area contributed by atoms with Crippen LogP contribution in [0.25, 0.3) is 0 Å². The zero-order chi connectivity index (χ0) is 19.5. The molecule has 0 aromatic heterocycles. The van der Waals surface area contributed by atoms with Crippen molar-refractivity contribution in [1.29, 1.82) is 5.26 Å². The van der Waals surface area contributed by atoms with Gasteiger partial charge in [-0.25, -0.2) is 0 Å². The number of hydrogen-bond acceptors (Lipinski definition) is 4. The molecule has 8 heteroatoms. The Labute approximate surface area is 167 Å². The van der Waals surface area contributed by atoms with Crippen molar-refractivity contribution in [3.8, 4) is 6.07 Å². The van der Waals surface area contributed by atoms with Crippen molar-refractivity contribution >= 4 is 40.3 Å². The second kappa shape index (κ2) is 11.5. The summed E-state index contributed by atoms with van der Waals surface area (Å²) < 4.78 is 0.924. The van der Waals surface area contributed by atoms with E-state index in [0.717, 1.165) is 9.99 Å². The highest BCUT2D eigenvalue weighted by Gasteiger charge is 2.28. The summed E-state index contributed by atoms with van der Waals surface area (Å²) >= 11 is 2.10. The lowest BCUT2D eigenvalue weighted by Crippen LogP contribution is -2.44. The normalized spacial score (nSPS) is 15.3. The Morgan fingerprint density at radius 1 is 1.27 bits per heavy atom. The number of amides is 3. The zero-order valence-corrected chi connectivity index (χ0v) is 17.1. The Morgan fingerprint density at radius 2 is 2.00 bits per heavy atom. The quantitative estimate of drug-likeness (QED) is 0.640. The Bertz CT molecular complexity index is 687. The molecular weight excluding hydrogens is 447 g/mol. The Balaban J connectivity index is 0.00000163. The number of halogens is 1. The van der Waals surface area contributed by atoms with Crippen molar-refractivity contribution in [2.75, 3.05) is 19.6 Å². The first-order valence-corrected chi connectivity index (χ1v) is 9.58. The maximum atomic E-state index is 12.0. The standard InChI is InChI=1S/C16H17IN4O3.C2H6/c17-12-4-1-3-11(7-12)16(24)20-9-14(22)19-10-15(23)21-6-2-5-13(21)8-18;1-2/h1,3-4,7,13H,2,5-6,9-10H2,(H,19,22)(H,20,24);1-2H3. The highest BCUT2D eigenvalue weighted by atomic mass is 127. The molecule has 1 heterocycles. The fourth-order valence-corrected chi connectivity index (χ4v) is 2.97. The summed E-state index contributed by atoms with van der Waals surface area (Å²) in [6.07, 6.45) is 1.46. The van der Waals surface area contributed by atoms with Crippen LogP contribution in [-0.4, -0.2) is 48.3 Å². The number of benzene rings is 1. The molecule has 26 heavy (non-hydrogen) atoms. The van der Waals surface area contributed by atoms with Gasteiger partial charge < -0.3 is 15.5 Å². The van der Waals surface area contributed by atoms with Crippen LogP contribution >= 0.6 is 22.6 Å². The van der Waals surface area contributed by atoms with Crippen LogP contribution in [0.2, 0.25) is 0 Å². The first-order valence-electron chi connectivity index (χ1n) is 8.51. The van der Waals surface area contributed by atoms with Crippen molar-refractivity contribution in [1.82, 2.24) is 15.5 Å². The molecule has 0 spiro atoms. The van der Waals surface area contributed by atoms with Crippen LogP contribution in [-0.2, 0) is 9.59 Å². The second-order valence-electron chi connectivity index (χ2n) is 5.34. The monoisotopic (exact) mass is 470 g/mol. The zero-order valence-electron chi connectivity index (χ0n) is 14.9. The van der Waals surface area contributed by atoms with E-state index < -0.39 is 11.9 Å². The second-order valence-corrected chi connectivity index (χ2v) is 6.59. The van der Waals surface area contributed by atoms with Crippen molar-refractivity contribution < 1.29 is 14.4 Å². The molecule has 0 radical (unpaired) electrons. The number of carbonyl (C=O) groups is 3. The third-order valence-electron chi connectivity index (χ3n) is 3.66. The van der Waals surface area contributed by atoms with Gasteiger partial charge in [-0.2, -0.15) is 5.26 Å². The minimum atomic E-state index is -0.449. The molecule has 0 bridgehead atoms. The molecular formula is C18H23IN4O3. The fraction of sp³-hybridized carbons (Fsp3) is 0.444. The summed E-state index contributed by atoms with van der Waals surface area (Å²) in [5.74, 6) is -1.08. The van der Waals surface area contributed by atoms with Crippen LogP contribution in [0.5, 0.6) is 0 Å². The highest BCUT2D eigenvalue weighted by molar-refractivity contribution is 14.1. The molecule has 1 unspecified atom stereocenters. The van der Waals surface area contributed by atoms with Crippen molar-refractivity contribution in [3.05, 3.63) is 33.4 Å². The summed E-state index contributed by atoms with van der Waals surface area (Å²) in [4.78, 5) is 37.1. The molecule has 1 atom stereocenters. The SMILES string of the molecule is CC.N#CC1CCCN1C(=O)CNC(=O)CNC(=O)c1cccc(I)c1. The molecule has 0 aliphatic carbocycles. The van der Waals surface area contributed by atoms with Gasteiger partial charge in [0.05, 0.1) is 19.2 Å². The van der Waals surface area contributed by atoms with E-state index in [1.54, 1.807) is 18.2 Å². The molecule has 7 nitrogen and oxygen atoms in total. The third kappa shape index (κ3) is 6.63. The number of nitrogens with one attached hydrogen (secondary N) is 2. The molecule has 1 aliphatic rings. The van der Waals surface area contributed by atoms with Gasteiger partial charge in [-0.3, -0.25) is 14.4 Å². The number of nitrogens with zero attached hydrogens (tertiary/aromatic N) is 2. The van der Waals surface area contributed by atoms with Crippen LogP contribution < -0.4 is 10.6 Å². The van der Waals surface area contributed by atoms with Crippen LogP contribution in [0.1, 0.15) is 37.0 Å². The minimum absolute atomic E-state index is 0.171. The number of carbonyl (C=O) groups excluding carboxylic acids is 3. The first-order chi connectivity index (χ1) is 12.5. The van der Waals surface area contributed by atoms with Crippen LogP contribution in [0.4, 0.5) is 0 Å². The van der Waals surface area contributed by atoms with Gasteiger partial charge in [0.15, 0.2) is 0 Å². The van der Waals surface area contributed by atoms with Gasteiger partial charge >= 0.3 is 0 Å². The van der Waals surface area contributed by atoms with Gasteiger partial charge in [-0.15, -0.1) is 0 Å². The Hall–Kier alpha value is -2.15. The molecule has 140 valence electrons. The van der Waals surface area contributed by atoms with E-state index in [0.29, 0.717) is 18.5 Å². The van der Waals surface area contributed by atoms with Crippen LogP contribution in [0.3, 0.4) is 0 Å². The van der Waals surface area contributed by atoms with E-state index in [-0.39, 0.29) is 24.9 Å². The first kappa shape index (κ1) is 21.9. The molecule has 1 aliphatic heterocycles. The van der Waals surface area contributed by atoms with E-state index in [4.69, 9.17) is 5.26 Å². The maximum absolute atomic E-state index is 12.0. The number of nitriles is 1. The smallest absolute Gasteiger partial charge is 0.251 e. The van der Waals surface area contributed by atoms with Crippen LogP contribution in [0.15, 0.2) is 24.3 Å². The summed E-state index contributed by atoms with van der Waals surface area (Å²) in [6, 6.07) is 8.67. The van der Waals surface area contributed by atoms with Gasteiger partial charge in [0.1, 0.15) is 6.04 Å². The topological polar surface area (TPSA) is 102 Å². The molecule has 0 saturated carbocycles. The van der Waals surface area contributed by atoms with E-state index in [9.17, 15) is 14.4 Å². The van der Waals surface area contributed by atoms with Gasteiger partial charge in [0.2, 0.25) is 11.8 Å². The molecule has 2 rings (SSSR count). The van der Waals surface area contributed by atoms with Gasteiger partial charge in [0.25, 0.3) is 5.91 Å². The Kier molecular flexibility index (Phi) is 9.65. The van der Waals surface area contributed by atoms with Crippen molar-refractivity contribution in [3.63, 3.8) is 0 Å². The molecule has 3 amide bonds. The fourth-order valence-electron chi connectivity index (χ4n) is 2.43. The van der Waals surface area contributed by atoms with Crippen molar-refractivity contribution in [2.45, 2.75) is 32.7 Å². The summed E-state index contributed by atoms with van der Waals surface area (Å²) in [5, 5.41) is 13.9. The lowest BCUT2D eigenvalue weighted by atomic mass is 10.2. The van der Waals surface area contributed by atoms with Crippen LogP contribution in [0, 0.1) is 14.9 Å². The highest BCUT2D eigenvalue weighted by Crippen LogP contribution is 2.15.